The zero-order valence-corrected chi connectivity index (χ0v) is 12.7. The molecule has 0 aliphatic heterocycles. The third-order valence-corrected chi connectivity index (χ3v) is 3.73. The number of nitrogens with one attached hydrogen (secondary N) is 1. The first-order valence-electron chi connectivity index (χ1n) is 6.57. The Morgan fingerprint density at radius 2 is 1.85 bits per heavy atom. The van der Waals surface area contributed by atoms with E-state index in [9.17, 15) is 4.39 Å². The molecule has 0 radical (unpaired) electrons. The van der Waals surface area contributed by atoms with E-state index in [1.807, 2.05) is 26.8 Å². The Kier molecular flexibility index (Phi) is 5.09. The summed E-state index contributed by atoms with van der Waals surface area (Å²) in [6, 6.07) is 6.76. The highest BCUT2D eigenvalue weighted by Crippen LogP contribution is 2.29. The van der Waals surface area contributed by atoms with Gasteiger partial charge in [0.15, 0.2) is 5.16 Å². The number of aromatic nitrogens is 2. The van der Waals surface area contributed by atoms with Gasteiger partial charge in [-0.05, 0) is 62.0 Å². The second-order valence-corrected chi connectivity index (χ2v) is 5.58. The Morgan fingerprint density at radius 3 is 2.50 bits per heavy atom. The van der Waals surface area contributed by atoms with Crippen molar-refractivity contribution in [2.24, 2.45) is 0 Å². The number of nitrogens with zero attached hydrogens (tertiary/aromatic N) is 2. The molecule has 1 aromatic heterocycles. The van der Waals surface area contributed by atoms with Gasteiger partial charge in [0.2, 0.25) is 0 Å². The molecule has 0 spiro atoms. The first-order chi connectivity index (χ1) is 9.58. The minimum Gasteiger partial charge on any atom is -0.313 e. The summed E-state index contributed by atoms with van der Waals surface area (Å²) in [5, 5.41) is 3.92. The second-order valence-electron chi connectivity index (χ2n) is 4.57. The molecule has 0 amide bonds. The summed E-state index contributed by atoms with van der Waals surface area (Å²) >= 11 is 1.47. The van der Waals surface area contributed by atoms with Crippen molar-refractivity contribution in [3.8, 4) is 0 Å². The van der Waals surface area contributed by atoms with Crippen LogP contribution in [0.25, 0.3) is 0 Å². The van der Waals surface area contributed by atoms with Crippen LogP contribution >= 0.6 is 11.8 Å². The maximum absolute atomic E-state index is 13.4. The lowest BCUT2D eigenvalue weighted by atomic mass is 10.2. The largest absolute Gasteiger partial charge is 0.313 e. The maximum atomic E-state index is 13.4. The Hall–Kier alpha value is -1.46. The molecule has 0 atom stereocenters. The van der Waals surface area contributed by atoms with Gasteiger partial charge in [0, 0.05) is 22.8 Å². The molecule has 1 N–H and O–H groups in total. The Morgan fingerprint density at radius 1 is 1.15 bits per heavy atom. The molecule has 106 valence electrons. The summed E-state index contributed by atoms with van der Waals surface area (Å²) in [6.07, 6.45) is 0. The van der Waals surface area contributed by atoms with E-state index in [4.69, 9.17) is 0 Å². The molecule has 0 fully saturated rings. The molecular formula is C15H18FN3S. The van der Waals surface area contributed by atoms with Gasteiger partial charge in [-0.1, -0.05) is 6.92 Å². The van der Waals surface area contributed by atoms with E-state index >= 15 is 0 Å². The molecular weight excluding hydrogens is 273 g/mol. The van der Waals surface area contributed by atoms with Crippen molar-refractivity contribution in [3.63, 3.8) is 0 Å². The highest BCUT2D eigenvalue weighted by atomic mass is 32.2. The van der Waals surface area contributed by atoms with Crippen LogP contribution in [0.3, 0.4) is 0 Å². The van der Waals surface area contributed by atoms with E-state index in [1.165, 1.54) is 17.8 Å². The van der Waals surface area contributed by atoms with Gasteiger partial charge in [-0.25, -0.2) is 14.4 Å². The van der Waals surface area contributed by atoms with E-state index in [0.717, 1.165) is 28.4 Å². The molecule has 3 nitrogen and oxygen atoms in total. The van der Waals surface area contributed by atoms with Crippen molar-refractivity contribution in [3.05, 3.63) is 47.0 Å². The third-order valence-electron chi connectivity index (χ3n) is 2.75. The molecule has 0 bridgehead atoms. The monoisotopic (exact) mass is 291 g/mol. The van der Waals surface area contributed by atoms with Crippen LogP contribution in [0, 0.1) is 19.7 Å². The Bertz CT molecular complexity index is 581. The molecule has 20 heavy (non-hydrogen) atoms. The molecule has 0 aliphatic carbocycles. The third kappa shape index (κ3) is 4.02. The summed E-state index contributed by atoms with van der Waals surface area (Å²) in [5.74, 6) is -0.219. The summed E-state index contributed by atoms with van der Waals surface area (Å²) in [5.41, 5.74) is 2.81. The average Bonchev–Trinajstić information content (AvgIpc) is 2.38. The smallest absolute Gasteiger partial charge is 0.192 e. The number of halogens is 1. The fraction of sp³-hybridized carbons (Fsp3) is 0.333. The van der Waals surface area contributed by atoms with Crippen molar-refractivity contribution >= 4 is 11.8 Å². The fourth-order valence-electron chi connectivity index (χ4n) is 1.88. The Labute approximate surface area is 123 Å². The van der Waals surface area contributed by atoms with E-state index in [2.05, 4.69) is 15.3 Å². The minimum absolute atomic E-state index is 0.219. The normalized spacial score (nSPS) is 10.8. The summed E-state index contributed by atoms with van der Waals surface area (Å²) in [4.78, 5) is 9.81. The van der Waals surface area contributed by atoms with Crippen LogP contribution in [0.1, 0.15) is 23.9 Å². The minimum atomic E-state index is -0.219. The van der Waals surface area contributed by atoms with Crippen molar-refractivity contribution in [2.75, 3.05) is 6.54 Å². The van der Waals surface area contributed by atoms with Crippen molar-refractivity contribution < 1.29 is 4.39 Å². The molecule has 1 aromatic carbocycles. The summed E-state index contributed by atoms with van der Waals surface area (Å²) in [7, 11) is 0. The molecule has 0 saturated carbocycles. The first-order valence-corrected chi connectivity index (χ1v) is 7.39. The van der Waals surface area contributed by atoms with Gasteiger partial charge in [0.25, 0.3) is 0 Å². The number of benzene rings is 1. The van der Waals surface area contributed by atoms with E-state index in [-0.39, 0.29) is 5.82 Å². The highest BCUT2D eigenvalue weighted by Gasteiger charge is 2.08. The van der Waals surface area contributed by atoms with Gasteiger partial charge in [0.1, 0.15) is 5.82 Å². The van der Waals surface area contributed by atoms with Crippen LogP contribution in [0.2, 0.25) is 0 Å². The van der Waals surface area contributed by atoms with Crippen LogP contribution in [0.4, 0.5) is 4.39 Å². The van der Waals surface area contributed by atoms with Crippen molar-refractivity contribution in [2.45, 2.75) is 37.4 Å². The van der Waals surface area contributed by atoms with Gasteiger partial charge in [0.05, 0.1) is 0 Å². The number of rotatable bonds is 5. The standard InChI is InChI=1S/C15H18FN3S/c1-4-17-9-12-8-13(16)5-6-14(12)20-15-18-10(2)7-11(3)19-15/h5-8,17H,4,9H2,1-3H3. The molecule has 2 rings (SSSR count). The summed E-state index contributed by atoms with van der Waals surface area (Å²) in [6.45, 7) is 7.41. The SMILES string of the molecule is CCNCc1cc(F)ccc1Sc1nc(C)cc(C)n1. The molecule has 0 aliphatic rings. The molecule has 2 aromatic rings. The van der Waals surface area contributed by atoms with Crippen LogP contribution < -0.4 is 5.32 Å². The topological polar surface area (TPSA) is 37.8 Å². The quantitative estimate of drug-likeness (QED) is 0.856. The van der Waals surface area contributed by atoms with Crippen LogP contribution in [0.15, 0.2) is 34.3 Å². The van der Waals surface area contributed by atoms with Crippen LogP contribution in [-0.2, 0) is 6.54 Å². The van der Waals surface area contributed by atoms with Gasteiger partial charge >= 0.3 is 0 Å². The number of hydrogen-bond donors (Lipinski definition) is 1. The summed E-state index contributed by atoms with van der Waals surface area (Å²) < 4.78 is 13.4. The lowest BCUT2D eigenvalue weighted by molar-refractivity contribution is 0.619. The number of hydrogen-bond acceptors (Lipinski definition) is 4. The molecule has 0 saturated heterocycles. The Balaban J connectivity index is 2.27. The average molecular weight is 291 g/mol. The fourth-order valence-corrected chi connectivity index (χ4v) is 2.86. The molecule has 5 heteroatoms. The lowest BCUT2D eigenvalue weighted by Crippen LogP contribution is -2.12. The number of aryl methyl sites for hydroxylation is 2. The van der Waals surface area contributed by atoms with Crippen molar-refractivity contribution in [1.29, 1.82) is 0 Å². The zero-order valence-electron chi connectivity index (χ0n) is 11.9. The maximum Gasteiger partial charge on any atom is 0.192 e. The molecule has 1 heterocycles. The lowest BCUT2D eigenvalue weighted by Gasteiger charge is -2.09. The van der Waals surface area contributed by atoms with Gasteiger partial charge in [-0.2, -0.15) is 0 Å². The van der Waals surface area contributed by atoms with Crippen LogP contribution in [-0.4, -0.2) is 16.5 Å². The highest BCUT2D eigenvalue weighted by molar-refractivity contribution is 7.99. The van der Waals surface area contributed by atoms with E-state index in [0.29, 0.717) is 11.7 Å². The van der Waals surface area contributed by atoms with Crippen LogP contribution in [0.5, 0.6) is 0 Å². The predicted molar refractivity (Wildman–Crippen MR) is 79.4 cm³/mol. The van der Waals surface area contributed by atoms with E-state index < -0.39 is 0 Å². The van der Waals surface area contributed by atoms with E-state index in [1.54, 1.807) is 12.1 Å². The van der Waals surface area contributed by atoms with Gasteiger partial charge in [-0.15, -0.1) is 0 Å². The van der Waals surface area contributed by atoms with Gasteiger partial charge < -0.3 is 5.32 Å². The predicted octanol–water partition coefficient (Wildman–Crippen LogP) is 3.49. The first kappa shape index (κ1) is 14.9. The zero-order chi connectivity index (χ0) is 14.5. The van der Waals surface area contributed by atoms with Gasteiger partial charge in [-0.3, -0.25) is 0 Å². The second kappa shape index (κ2) is 6.81. The van der Waals surface area contributed by atoms with Crippen molar-refractivity contribution in [1.82, 2.24) is 15.3 Å². The molecule has 0 unspecified atom stereocenters.